The Balaban J connectivity index is 2.08. The van der Waals surface area contributed by atoms with E-state index in [-0.39, 0.29) is 0 Å². The molecule has 20 heavy (non-hydrogen) atoms. The molecule has 0 N–H and O–H groups in total. The second kappa shape index (κ2) is 7.53. The van der Waals surface area contributed by atoms with Crippen LogP contribution in [0.25, 0.3) is 10.8 Å². The number of rotatable bonds is 7. The Morgan fingerprint density at radius 1 is 0.950 bits per heavy atom. The average Bonchev–Trinajstić information content (AvgIpc) is 2.45. The molecule has 0 aromatic heterocycles. The third-order valence-electron chi connectivity index (χ3n) is 2.91. The first kappa shape index (κ1) is 15.2. The highest BCUT2D eigenvalue weighted by Gasteiger charge is 2.01. The van der Waals surface area contributed by atoms with Crippen LogP contribution < -0.4 is 9.47 Å². The van der Waals surface area contributed by atoms with Crippen molar-refractivity contribution in [2.45, 2.75) is 20.3 Å². The molecule has 0 unspecified atom stereocenters. The van der Waals surface area contributed by atoms with E-state index in [4.69, 9.17) is 9.47 Å². The molecule has 0 bridgehead atoms. The molecule has 2 nitrogen and oxygen atoms in total. The van der Waals surface area contributed by atoms with Gasteiger partial charge in [0.25, 0.3) is 0 Å². The molecule has 2 aromatic carbocycles. The van der Waals surface area contributed by atoms with Crippen molar-refractivity contribution < 1.29 is 9.47 Å². The highest BCUT2D eigenvalue weighted by Crippen LogP contribution is 2.25. The third-order valence-corrected chi connectivity index (χ3v) is 3.47. The first-order valence-corrected chi connectivity index (χ1v) is 8.16. The summed E-state index contributed by atoms with van der Waals surface area (Å²) in [4.78, 5) is 0. The molecule has 0 heterocycles. The normalized spacial score (nSPS) is 11.0. The van der Waals surface area contributed by atoms with Gasteiger partial charge in [-0.25, -0.2) is 0 Å². The van der Waals surface area contributed by atoms with Crippen molar-refractivity contribution >= 4 is 26.7 Å². The van der Waals surface area contributed by atoms with Gasteiger partial charge in [-0.2, -0.15) is 0 Å². The van der Waals surface area contributed by atoms with Crippen LogP contribution in [0.3, 0.4) is 0 Å². The van der Waals surface area contributed by atoms with E-state index in [9.17, 15) is 0 Å². The fourth-order valence-corrected chi connectivity index (χ4v) is 2.12. The maximum absolute atomic E-state index is 5.75. The van der Waals surface area contributed by atoms with Gasteiger partial charge in [0.05, 0.1) is 13.2 Å². The van der Waals surface area contributed by atoms with E-state index in [0.29, 0.717) is 5.92 Å². The lowest BCUT2D eigenvalue weighted by atomic mass is 10.1. The van der Waals surface area contributed by atoms with E-state index in [1.54, 1.807) is 0 Å². The zero-order chi connectivity index (χ0) is 14.4. The SMILES string of the molecule is CC(C)COc1ccc2cc(OCCCBr)ccc2c1. The summed E-state index contributed by atoms with van der Waals surface area (Å²) in [5.74, 6) is 2.39. The molecule has 0 saturated carbocycles. The fraction of sp³-hybridized carbons (Fsp3) is 0.412. The van der Waals surface area contributed by atoms with Crippen LogP contribution >= 0.6 is 15.9 Å². The Morgan fingerprint density at radius 3 is 2.10 bits per heavy atom. The lowest BCUT2D eigenvalue weighted by molar-refractivity contribution is 0.271. The number of benzene rings is 2. The minimum atomic E-state index is 0.538. The van der Waals surface area contributed by atoms with Crippen LogP contribution in [0.15, 0.2) is 36.4 Å². The summed E-state index contributed by atoms with van der Waals surface area (Å²) in [6, 6.07) is 12.4. The van der Waals surface area contributed by atoms with Crippen molar-refractivity contribution in [2.24, 2.45) is 5.92 Å². The molecule has 0 fully saturated rings. The summed E-state index contributed by atoms with van der Waals surface area (Å²) in [5, 5.41) is 3.33. The lowest BCUT2D eigenvalue weighted by Crippen LogP contribution is -2.04. The van der Waals surface area contributed by atoms with E-state index < -0.39 is 0 Å². The average molecular weight is 337 g/mol. The number of ether oxygens (including phenoxy) is 2. The van der Waals surface area contributed by atoms with Crippen molar-refractivity contribution in [3.05, 3.63) is 36.4 Å². The maximum atomic E-state index is 5.75. The first-order valence-electron chi connectivity index (χ1n) is 7.04. The molecule has 0 spiro atoms. The number of hydrogen-bond acceptors (Lipinski definition) is 2. The molecular formula is C17H21BrO2. The van der Waals surface area contributed by atoms with Crippen molar-refractivity contribution in [3.63, 3.8) is 0 Å². The molecule has 2 rings (SSSR count). The maximum Gasteiger partial charge on any atom is 0.119 e. The number of alkyl halides is 1. The molecule has 2 aromatic rings. The fourth-order valence-electron chi connectivity index (χ4n) is 1.89. The summed E-state index contributed by atoms with van der Waals surface area (Å²) >= 11 is 3.40. The Labute approximate surface area is 129 Å². The van der Waals surface area contributed by atoms with Crippen molar-refractivity contribution in [3.8, 4) is 11.5 Å². The Morgan fingerprint density at radius 2 is 1.55 bits per heavy atom. The lowest BCUT2D eigenvalue weighted by Gasteiger charge is -2.10. The Bertz CT molecular complexity index is 552. The largest absolute Gasteiger partial charge is 0.494 e. The Hall–Kier alpha value is -1.22. The summed E-state index contributed by atoms with van der Waals surface area (Å²) in [7, 11) is 0. The minimum Gasteiger partial charge on any atom is -0.494 e. The van der Waals surface area contributed by atoms with Gasteiger partial charge >= 0.3 is 0 Å². The highest BCUT2D eigenvalue weighted by molar-refractivity contribution is 9.09. The van der Waals surface area contributed by atoms with Gasteiger partial charge in [0.15, 0.2) is 0 Å². The molecule has 0 aliphatic carbocycles. The van der Waals surface area contributed by atoms with Crippen molar-refractivity contribution in [1.82, 2.24) is 0 Å². The van der Waals surface area contributed by atoms with Gasteiger partial charge in [-0.15, -0.1) is 0 Å². The summed E-state index contributed by atoms with van der Waals surface area (Å²) in [6.07, 6.45) is 1.01. The second-order valence-electron chi connectivity index (χ2n) is 5.27. The number of hydrogen-bond donors (Lipinski definition) is 0. The van der Waals surface area contributed by atoms with E-state index >= 15 is 0 Å². The molecule has 0 aliphatic heterocycles. The predicted octanol–water partition coefficient (Wildman–Crippen LogP) is 5.04. The van der Waals surface area contributed by atoms with Crippen LogP contribution in [0.1, 0.15) is 20.3 Å². The van der Waals surface area contributed by atoms with E-state index in [1.807, 2.05) is 12.1 Å². The van der Waals surface area contributed by atoms with Crippen LogP contribution in [0.5, 0.6) is 11.5 Å². The quantitative estimate of drug-likeness (QED) is 0.521. The molecule has 0 aliphatic rings. The zero-order valence-corrected chi connectivity index (χ0v) is 13.7. The van der Waals surface area contributed by atoms with Crippen LogP contribution in [0, 0.1) is 5.92 Å². The van der Waals surface area contributed by atoms with Gasteiger partial charge in [-0.05, 0) is 47.4 Å². The van der Waals surface area contributed by atoms with Gasteiger partial charge < -0.3 is 9.47 Å². The summed E-state index contributed by atoms with van der Waals surface area (Å²) in [5.41, 5.74) is 0. The molecule has 108 valence electrons. The molecule has 0 radical (unpaired) electrons. The van der Waals surface area contributed by atoms with Crippen LogP contribution in [0.4, 0.5) is 0 Å². The predicted molar refractivity (Wildman–Crippen MR) is 88.2 cm³/mol. The smallest absolute Gasteiger partial charge is 0.119 e. The van der Waals surface area contributed by atoms with Crippen LogP contribution in [-0.2, 0) is 0 Å². The third kappa shape index (κ3) is 4.41. The molecular weight excluding hydrogens is 316 g/mol. The van der Waals surface area contributed by atoms with Gasteiger partial charge in [0.1, 0.15) is 11.5 Å². The second-order valence-corrected chi connectivity index (χ2v) is 6.06. The number of halogens is 1. The zero-order valence-electron chi connectivity index (χ0n) is 12.1. The summed E-state index contributed by atoms with van der Waals surface area (Å²) < 4.78 is 11.5. The van der Waals surface area contributed by atoms with Crippen molar-refractivity contribution in [1.29, 1.82) is 0 Å². The minimum absolute atomic E-state index is 0.538. The van der Waals surface area contributed by atoms with E-state index in [2.05, 4.69) is 54.0 Å². The van der Waals surface area contributed by atoms with Crippen molar-refractivity contribution in [2.75, 3.05) is 18.5 Å². The molecule has 3 heteroatoms. The van der Waals surface area contributed by atoms with Gasteiger partial charge in [0.2, 0.25) is 0 Å². The monoisotopic (exact) mass is 336 g/mol. The molecule has 0 atom stereocenters. The van der Waals surface area contributed by atoms with Crippen LogP contribution in [-0.4, -0.2) is 18.5 Å². The van der Waals surface area contributed by atoms with Crippen LogP contribution in [0.2, 0.25) is 0 Å². The topological polar surface area (TPSA) is 18.5 Å². The number of fused-ring (bicyclic) bond motifs is 1. The van der Waals surface area contributed by atoms with Gasteiger partial charge in [-0.3, -0.25) is 0 Å². The standard InChI is InChI=1S/C17H21BrO2/c1-13(2)12-20-17-7-5-14-10-16(19-9-3-8-18)6-4-15(14)11-17/h4-7,10-11,13H,3,8-9,12H2,1-2H3. The molecule has 0 saturated heterocycles. The van der Waals surface area contributed by atoms with E-state index in [0.717, 1.165) is 36.5 Å². The first-order chi connectivity index (χ1) is 9.69. The van der Waals surface area contributed by atoms with Gasteiger partial charge in [0, 0.05) is 5.33 Å². The summed E-state index contributed by atoms with van der Waals surface area (Å²) in [6.45, 7) is 5.79. The molecule has 0 amide bonds. The van der Waals surface area contributed by atoms with E-state index in [1.165, 1.54) is 10.8 Å². The highest BCUT2D eigenvalue weighted by atomic mass is 79.9. The Kier molecular flexibility index (Phi) is 5.72. The van der Waals surface area contributed by atoms with Gasteiger partial charge in [-0.1, -0.05) is 41.9 Å².